The van der Waals surface area contributed by atoms with Gasteiger partial charge in [0.2, 0.25) is 5.95 Å². The Morgan fingerprint density at radius 1 is 0.939 bits per heavy atom. The number of rotatable bonds is 4. The van der Waals surface area contributed by atoms with Crippen molar-refractivity contribution in [1.82, 2.24) is 24.3 Å². The van der Waals surface area contributed by atoms with E-state index in [-0.39, 0.29) is 5.56 Å². The fourth-order valence-corrected chi connectivity index (χ4v) is 5.28. The molecule has 0 bridgehead atoms. The number of fused-ring (bicyclic) bond motifs is 4. The highest BCUT2D eigenvalue weighted by molar-refractivity contribution is 5.81. The zero-order valence-electron chi connectivity index (χ0n) is 18.9. The number of morpholine rings is 1. The van der Waals surface area contributed by atoms with Crippen LogP contribution in [0.2, 0.25) is 0 Å². The Bertz CT molecular complexity index is 1200. The minimum Gasteiger partial charge on any atom is -0.379 e. The number of hydrogen-bond acceptors (Lipinski definition) is 7. The predicted octanol–water partition coefficient (Wildman–Crippen LogP) is 2.37. The molecule has 8 heteroatoms. The molecule has 6 rings (SSSR count). The molecule has 0 spiro atoms. The SMILES string of the molecule is O=c1c2c3c(cnc2nc2n1CN(CCN1CCOCC1)CN2c1ccccc1)CCCC3. The van der Waals surface area contributed by atoms with Crippen LogP contribution in [0.3, 0.4) is 0 Å². The van der Waals surface area contributed by atoms with Crippen molar-refractivity contribution in [3.8, 4) is 0 Å². The molecule has 4 heterocycles. The summed E-state index contributed by atoms with van der Waals surface area (Å²) in [7, 11) is 0. The van der Waals surface area contributed by atoms with Crippen LogP contribution in [-0.2, 0) is 24.2 Å². The zero-order chi connectivity index (χ0) is 22.2. The fraction of sp³-hybridized carbons (Fsp3) is 0.480. The Labute approximate surface area is 193 Å². The second-order valence-corrected chi connectivity index (χ2v) is 9.21. The van der Waals surface area contributed by atoms with Crippen molar-refractivity contribution in [2.75, 3.05) is 51.0 Å². The molecule has 1 aliphatic carbocycles. The van der Waals surface area contributed by atoms with E-state index in [9.17, 15) is 4.79 Å². The van der Waals surface area contributed by atoms with Crippen molar-refractivity contribution < 1.29 is 4.74 Å². The lowest BCUT2D eigenvalue weighted by Gasteiger charge is -2.39. The van der Waals surface area contributed by atoms with Crippen LogP contribution < -0.4 is 10.5 Å². The van der Waals surface area contributed by atoms with Crippen molar-refractivity contribution in [2.24, 2.45) is 0 Å². The lowest BCUT2D eigenvalue weighted by molar-refractivity contribution is 0.0310. The Balaban J connectivity index is 1.41. The van der Waals surface area contributed by atoms with Crippen LogP contribution in [0, 0.1) is 0 Å². The first-order chi connectivity index (χ1) is 16.3. The van der Waals surface area contributed by atoms with Crippen molar-refractivity contribution in [3.63, 3.8) is 0 Å². The molecule has 3 aliphatic rings. The van der Waals surface area contributed by atoms with E-state index in [1.54, 1.807) is 0 Å². The van der Waals surface area contributed by atoms with Gasteiger partial charge in [-0.3, -0.25) is 24.1 Å². The third-order valence-electron chi connectivity index (χ3n) is 7.11. The molecule has 0 atom stereocenters. The number of para-hydroxylation sites is 1. The van der Waals surface area contributed by atoms with E-state index >= 15 is 0 Å². The number of nitrogens with zero attached hydrogens (tertiary/aromatic N) is 6. The standard InChI is InChI=1S/C25H30N6O2/c32-24-22-21-9-5-4-6-19(21)16-26-23(22)27-25-30(20-7-2-1-3-8-20)17-29(18-31(24)25)11-10-28-12-14-33-15-13-28/h1-3,7-8,16H,4-6,9-15,17-18H2. The maximum Gasteiger partial charge on any atom is 0.265 e. The van der Waals surface area contributed by atoms with E-state index in [0.717, 1.165) is 81.7 Å². The van der Waals surface area contributed by atoms with Gasteiger partial charge in [-0.1, -0.05) is 18.2 Å². The van der Waals surface area contributed by atoms with Gasteiger partial charge < -0.3 is 4.74 Å². The molecular formula is C25H30N6O2. The van der Waals surface area contributed by atoms with Crippen molar-refractivity contribution in [3.05, 3.63) is 58.0 Å². The number of aryl methyl sites for hydroxylation is 2. The fourth-order valence-electron chi connectivity index (χ4n) is 5.28. The summed E-state index contributed by atoms with van der Waals surface area (Å²) in [5.74, 6) is 0.685. The molecule has 0 saturated carbocycles. The van der Waals surface area contributed by atoms with Gasteiger partial charge in [0.05, 0.1) is 31.9 Å². The Kier molecular flexibility index (Phi) is 5.57. The molecule has 0 amide bonds. The van der Waals surface area contributed by atoms with Gasteiger partial charge in [0.1, 0.15) is 0 Å². The summed E-state index contributed by atoms with van der Waals surface area (Å²) in [6.45, 7) is 6.63. The summed E-state index contributed by atoms with van der Waals surface area (Å²) in [5.41, 5.74) is 4.03. The first kappa shape index (κ1) is 20.8. The summed E-state index contributed by atoms with van der Waals surface area (Å²) < 4.78 is 7.35. The Morgan fingerprint density at radius 2 is 1.73 bits per heavy atom. The van der Waals surface area contributed by atoms with Gasteiger partial charge in [-0.05, 0) is 48.9 Å². The molecule has 0 unspecified atom stereocenters. The lowest BCUT2D eigenvalue weighted by atomic mass is 9.91. The average Bonchev–Trinajstić information content (AvgIpc) is 2.88. The van der Waals surface area contributed by atoms with E-state index < -0.39 is 0 Å². The Hall–Kier alpha value is -2.81. The predicted molar refractivity (Wildman–Crippen MR) is 128 cm³/mol. The molecule has 8 nitrogen and oxygen atoms in total. The van der Waals surface area contributed by atoms with Crippen LogP contribution in [0.4, 0.5) is 11.6 Å². The van der Waals surface area contributed by atoms with Crippen LogP contribution in [0.15, 0.2) is 41.3 Å². The molecule has 2 aromatic heterocycles. The number of anilines is 2. The van der Waals surface area contributed by atoms with Gasteiger partial charge in [0.15, 0.2) is 5.65 Å². The third kappa shape index (κ3) is 3.92. The highest BCUT2D eigenvalue weighted by Crippen LogP contribution is 2.30. The normalized spacial score (nSPS) is 19.5. The Morgan fingerprint density at radius 3 is 2.58 bits per heavy atom. The van der Waals surface area contributed by atoms with Gasteiger partial charge in [-0.15, -0.1) is 0 Å². The average molecular weight is 447 g/mol. The zero-order valence-corrected chi connectivity index (χ0v) is 18.9. The highest BCUT2D eigenvalue weighted by atomic mass is 16.5. The molecule has 1 aromatic carbocycles. The van der Waals surface area contributed by atoms with E-state index in [4.69, 9.17) is 9.72 Å². The van der Waals surface area contributed by atoms with Gasteiger partial charge in [0, 0.05) is 38.1 Å². The molecule has 172 valence electrons. The van der Waals surface area contributed by atoms with Crippen LogP contribution in [0.1, 0.15) is 24.0 Å². The maximum atomic E-state index is 13.9. The number of aromatic nitrogens is 3. The second kappa shape index (κ2) is 8.85. The molecule has 3 aromatic rings. The molecule has 0 radical (unpaired) electrons. The minimum atomic E-state index is 0.0400. The monoisotopic (exact) mass is 446 g/mol. The van der Waals surface area contributed by atoms with Crippen LogP contribution in [0.25, 0.3) is 11.0 Å². The van der Waals surface area contributed by atoms with Gasteiger partial charge in [0.25, 0.3) is 5.56 Å². The summed E-state index contributed by atoms with van der Waals surface area (Å²) >= 11 is 0. The molecule has 1 fully saturated rings. The summed E-state index contributed by atoms with van der Waals surface area (Å²) in [6.07, 6.45) is 6.16. The lowest BCUT2D eigenvalue weighted by Crippen LogP contribution is -2.50. The number of hydrogen-bond donors (Lipinski definition) is 0. The molecular weight excluding hydrogens is 416 g/mol. The summed E-state index contributed by atoms with van der Waals surface area (Å²) in [5, 5.41) is 0.721. The second-order valence-electron chi connectivity index (χ2n) is 9.21. The first-order valence-corrected chi connectivity index (χ1v) is 12.0. The smallest absolute Gasteiger partial charge is 0.265 e. The number of ether oxygens (including phenoxy) is 1. The molecule has 1 saturated heterocycles. The van der Waals surface area contributed by atoms with Crippen LogP contribution >= 0.6 is 0 Å². The van der Waals surface area contributed by atoms with Crippen LogP contribution in [-0.4, -0.2) is 70.4 Å². The minimum absolute atomic E-state index is 0.0400. The number of pyridine rings is 1. The quantitative estimate of drug-likeness (QED) is 0.610. The topological polar surface area (TPSA) is 66.7 Å². The first-order valence-electron chi connectivity index (χ1n) is 12.0. The van der Waals surface area contributed by atoms with Crippen molar-refractivity contribution in [1.29, 1.82) is 0 Å². The van der Waals surface area contributed by atoms with Gasteiger partial charge in [-0.25, -0.2) is 4.98 Å². The van der Waals surface area contributed by atoms with E-state index in [1.165, 1.54) is 5.56 Å². The highest BCUT2D eigenvalue weighted by Gasteiger charge is 2.29. The van der Waals surface area contributed by atoms with Gasteiger partial charge in [-0.2, -0.15) is 4.98 Å². The molecule has 33 heavy (non-hydrogen) atoms. The van der Waals surface area contributed by atoms with E-state index in [2.05, 4.69) is 31.8 Å². The van der Waals surface area contributed by atoms with Crippen molar-refractivity contribution >= 4 is 22.7 Å². The van der Waals surface area contributed by atoms with Gasteiger partial charge >= 0.3 is 0 Å². The number of benzene rings is 1. The molecule has 2 aliphatic heterocycles. The van der Waals surface area contributed by atoms with Crippen molar-refractivity contribution in [2.45, 2.75) is 32.4 Å². The maximum absolute atomic E-state index is 13.9. The van der Waals surface area contributed by atoms with E-state index in [0.29, 0.717) is 24.9 Å². The third-order valence-corrected chi connectivity index (χ3v) is 7.11. The molecule has 0 N–H and O–H groups in total. The van der Waals surface area contributed by atoms with Crippen LogP contribution in [0.5, 0.6) is 0 Å². The summed E-state index contributed by atoms with van der Waals surface area (Å²) in [6, 6.07) is 10.2. The largest absolute Gasteiger partial charge is 0.379 e. The van der Waals surface area contributed by atoms with E-state index in [1.807, 2.05) is 29.0 Å². The summed E-state index contributed by atoms with van der Waals surface area (Å²) in [4.78, 5) is 30.4.